The minimum absolute atomic E-state index is 0.0497. The number of aliphatic hydroxyl groups is 1. The van der Waals surface area contributed by atoms with Crippen LogP contribution < -0.4 is 5.32 Å². The molecular formula is C13H18F3NO2. The van der Waals surface area contributed by atoms with Crippen molar-refractivity contribution >= 4 is 5.69 Å². The number of unbranched alkanes of at least 4 members (excludes halogenated alkanes) is 1. The molecule has 1 unspecified atom stereocenters. The van der Waals surface area contributed by atoms with E-state index in [2.05, 4.69) is 5.32 Å². The van der Waals surface area contributed by atoms with Crippen LogP contribution in [0.25, 0.3) is 0 Å². The van der Waals surface area contributed by atoms with Gasteiger partial charge in [-0.1, -0.05) is 13.3 Å². The number of hydrogen-bond acceptors (Lipinski definition) is 3. The van der Waals surface area contributed by atoms with Gasteiger partial charge in [-0.05, 0) is 6.42 Å². The van der Waals surface area contributed by atoms with Gasteiger partial charge in [0, 0.05) is 25.3 Å². The predicted octanol–water partition coefficient (Wildman–Crippen LogP) is 2.69. The molecule has 1 aromatic rings. The van der Waals surface area contributed by atoms with E-state index in [1.165, 1.54) is 0 Å². The van der Waals surface area contributed by atoms with Gasteiger partial charge in [-0.15, -0.1) is 0 Å². The van der Waals surface area contributed by atoms with Crippen molar-refractivity contribution in [2.75, 3.05) is 25.1 Å². The average Bonchev–Trinajstić information content (AvgIpc) is 2.37. The minimum atomic E-state index is -1.27. The minimum Gasteiger partial charge on any atom is -0.389 e. The Hall–Kier alpha value is -1.27. The van der Waals surface area contributed by atoms with E-state index in [1.54, 1.807) is 0 Å². The summed E-state index contributed by atoms with van der Waals surface area (Å²) in [5.41, 5.74) is -0.315. The van der Waals surface area contributed by atoms with Gasteiger partial charge < -0.3 is 15.2 Å². The second-order valence-corrected chi connectivity index (χ2v) is 4.21. The van der Waals surface area contributed by atoms with Crippen molar-refractivity contribution in [3.8, 4) is 0 Å². The van der Waals surface area contributed by atoms with Crippen LogP contribution in [0.1, 0.15) is 19.8 Å². The standard InChI is InChI=1S/C13H18F3NO2/c1-2-3-4-19-8-10(18)7-17-12-6-9(14)5-11(15)13(12)16/h5-6,10,17-18H,2-4,7-8H2,1H3. The van der Waals surface area contributed by atoms with Gasteiger partial charge in [0.05, 0.1) is 18.4 Å². The van der Waals surface area contributed by atoms with Crippen molar-refractivity contribution in [1.82, 2.24) is 0 Å². The summed E-state index contributed by atoms with van der Waals surface area (Å²) >= 11 is 0. The van der Waals surface area contributed by atoms with Gasteiger partial charge >= 0.3 is 0 Å². The van der Waals surface area contributed by atoms with E-state index in [-0.39, 0.29) is 18.8 Å². The van der Waals surface area contributed by atoms with Gasteiger partial charge in [0.2, 0.25) is 0 Å². The molecule has 3 nitrogen and oxygen atoms in total. The Labute approximate surface area is 110 Å². The van der Waals surface area contributed by atoms with Crippen LogP contribution in [0.4, 0.5) is 18.9 Å². The molecule has 0 bridgehead atoms. The van der Waals surface area contributed by atoms with Crippen LogP contribution in [0.3, 0.4) is 0 Å². The highest BCUT2D eigenvalue weighted by molar-refractivity contribution is 5.45. The number of rotatable bonds is 8. The SMILES string of the molecule is CCCCOCC(O)CNc1cc(F)cc(F)c1F. The Morgan fingerprint density at radius 2 is 2.05 bits per heavy atom. The third-order valence-electron chi connectivity index (χ3n) is 2.47. The lowest BCUT2D eigenvalue weighted by Gasteiger charge is -2.14. The number of aliphatic hydroxyl groups excluding tert-OH is 1. The fourth-order valence-corrected chi connectivity index (χ4v) is 1.44. The summed E-state index contributed by atoms with van der Waals surface area (Å²) in [6.45, 7) is 2.59. The smallest absolute Gasteiger partial charge is 0.182 e. The normalized spacial score (nSPS) is 12.5. The highest BCUT2D eigenvalue weighted by Gasteiger charge is 2.12. The van der Waals surface area contributed by atoms with Crippen LogP contribution >= 0.6 is 0 Å². The van der Waals surface area contributed by atoms with Crippen molar-refractivity contribution < 1.29 is 23.0 Å². The average molecular weight is 277 g/mol. The van der Waals surface area contributed by atoms with E-state index >= 15 is 0 Å². The fourth-order valence-electron chi connectivity index (χ4n) is 1.44. The first-order valence-corrected chi connectivity index (χ1v) is 6.18. The zero-order chi connectivity index (χ0) is 14.3. The van der Waals surface area contributed by atoms with E-state index in [9.17, 15) is 18.3 Å². The van der Waals surface area contributed by atoms with Crippen molar-refractivity contribution in [3.63, 3.8) is 0 Å². The number of halogens is 3. The number of nitrogens with one attached hydrogen (secondary N) is 1. The molecule has 108 valence electrons. The molecule has 0 saturated heterocycles. The van der Waals surface area contributed by atoms with Gasteiger partial charge in [-0.3, -0.25) is 0 Å². The first-order valence-electron chi connectivity index (χ1n) is 6.18. The maximum atomic E-state index is 13.3. The molecule has 2 N–H and O–H groups in total. The first-order chi connectivity index (χ1) is 9.04. The zero-order valence-electron chi connectivity index (χ0n) is 10.8. The molecule has 1 aromatic carbocycles. The summed E-state index contributed by atoms with van der Waals surface area (Å²) in [6.07, 6.45) is 1.01. The highest BCUT2D eigenvalue weighted by Crippen LogP contribution is 2.18. The van der Waals surface area contributed by atoms with Gasteiger partial charge in [0.1, 0.15) is 5.82 Å². The monoisotopic (exact) mass is 277 g/mol. The Bertz CT molecular complexity index is 402. The molecule has 0 fully saturated rings. The lowest BCUT2D eigenvalue weighted by Crippen LogP contribution is -2.25. The van der Waals surface area contributed by atoms with Crippen molar-refractivity contribution in [2.24, 2.45) is 0 Å². The lowest BCUT2D eigenvalue weighted by molar-refractivity contribution is 0.0421. The van der Waals surface area contributed by atoms with E-state index in [0.717, 1.165) is 18.9 Å². The molecule has 1 atom stereocenters. The third-order valence-corrected chi connectivity index (χ3v) is 2.47. The summed E-state index contributed by atoms with van der Waals surface area (Å²) < 4.78 is 44.2. The number of anilines is 1. The second-order valence-electron chi connectivity index (χ2n) is 4.21. The summed E-state index contributed by atoms with van der Waals surface area (Å²) in [6, 6.07) is 1.30. The molecule has 0 heterocycles. The molecule has 0 aliphatic heterocycles. The topological polar surface area (TPSA) is 41.5 Å². The molecule has 0 spiro atoms. The summed E-state index contributed by atoms with van der Waals surface area (Å²) in [5.74, 6) is -3.31. The molecule has 0 aliphatic carbocycles. The van der Waals surface area contributed by atoms with Crippen molar-refractivity contribution in [2.45, 2.75) is 25.9 Å². The van der Waals surface area contributed by atoms with Gasteiger partial charge in [0.25, 0.3) is 0 Å². The molecule has 0 saturated carbocycles. The van der Waals surface area contributed by atoms with Gasteiger partial charge in [-0.2, -0.15) is 0 Å². The molecule has 1 rings (SSSR count). The lowest BCUT2D eigenvalue weighted by atomic mass is 10.2. The van der Waals surface area contributed by atoms with Crippen LogP contribution in [0, 0.1) is 17.5 Å². The van der Waals surface area contributed by atoms with Crippen LogP contribution in [0.5, 0.6) is 0 Å². The van der Waals surface area contributed by atoms with Crippen LogP contribution in [0.2, 0.25) is 0 Å². The summed E-state index contributed by atoms with van der Waals surface area (Å²) in [5, 5.41) is 12.0. The van der Waals surface area contributed by atoms with E-state index in [1.807, 2.05) is 6.92 Å². The third kappa shape index (κ3) is 5.48. The molecule has 6 heteroatoms. The largest absolute Gasteiger partial charge is 0.389 e. The van der Waals surface area contributed by atoms with Crippen LogP contribution in [0.15, 0.2) is 12.1 Å². The summed E-state index contributed by atoms with van der Waals surface area (Å²) in [4.78, 5) is 0. The number of ether oxygens (including phenoxy) is 1. The van der Waals surface area contributed by atoms with Crippen molar-refractivity contribution in [1.29, 1.82) is 0 Å². The maximum absolute atomic E-state index is 13.3. The van der Waals surface area contributed by atoms with E-state index in [0.29, 0.717) is 12.7 Å². The Kier molecular flexibility index (Phi) is 6.66. The molecule has 0 radical (unpaired) electrons. The van der Waals surface area contributed by atoms with E-state index < -0.39 is 23.6 Å². The molecule has 0 aromatic heterocycles. The Morgan fingerprint density at radius 1 is 1.32 bits per heavy atom. The zero-order valence-corrected chi connectivity index (χ0v) is 10.8. The molecular weight excluding hydrogens is 259 g/mol. The fraction of sp³-hybridized carbons (Fsp3) is 0.538. The number of hydrogen-bond donors (Lipinski definition) is 2. The second kappa shape index (κ2) is 8.01. The maximum Gasteiger partial charge on any atom is 0.182 e. The first kappa shape index (κ1) is 15.8. The quantitative estimate of drug-likeness (QED) is 0.567. The number of benzene rings is 1. The Morgan fingerprint density at radius 3 is 2.74 bits per heavy atom. The predicted molar refractivity (Wildman–Crippen MR) is 66.5 cm³/mol. The van der Waals surface area contributed by atoms with Crippen LogP contribution in [-0.4, -0.2) is 31.0 Å². The summed E-state index contributed by atoms with van der Waals surface area (Å²) in [7, 11) is 0. The van der Waals surface area contributed by atoms with Crippen LogP contribution in [-0.2, 0) is 4.74 Å². The molecule has 19 heavy (non-hydrogen) atoms. The van der Waals surface area contributed by atoms with Crippen molar-refractivity contribution in [3.05, 3.63) is 29.6 Å². The van der Waals surface area contributed by atoms with E-state index in [4.69, 9.17) is 4.74 Å². The van der Waals surface area contributed by atoms with Gasteiger partial charge in [0.15, 0.2) is 11.6 Å². The van der Waals surface area contributed by atoms with Gasteiger partial charge in [-0.25, -0.2) is 13.2 Å². The highest BCUT2D eigenvalue weighted by atomic mass is 19.2. The molecule has 0 aliphatic rings. The molecule has 0 amide bonds. The Balaban J connectivity index is 2.39.